The van der Waals surface area contributed by atoms with E-state index in [1.807, 2.05) is 42.8 Å². The summed E-state index contributed by atoms with van der Waals surface area (Å²) in [5, 5.41) is 4.05. The maximum Gasteiger partial charge on any atom is 0.253 e. The fourth-order valence-electron chi connectivity index (χ4n) is 2.48. The minimum atomic E-state index is -0.0874. The minimum Gasteiger partial charge on any atom is -0.343 e. The SMILES string of the molecule is CCC(NC(=O)c1ccc2nc(C)cn2c1)c1nc(C)c(C)s1. The first-order chi connectivity index (χ1) is 11.0. The molecule has 3 heterocycles. The summed E-state index contributed by atoms with van der Waals surface area (Å²) in [7, 11) is 0. The van der Waals surface area contributed by atoms with Gasteiger partial charge in [-0.3, -0.25) is 4.79 Å². The number of nitrogens with zero attached hydrogens (tertiary/aromatic N) is 3. The van der Waals surface area contributed by atoms with Crippen molar-refractivity contribution in [2.24, 2.45) is 0 Å². The lowest BCUT2D eigenvalue weighted by atomic mass is 10.2. The molecule has 5 nitrogen and oxygen atoms in total. The largest absolute Gasteiger partial charge is 0.343 e. The third-order valence-electron chi connectivity index (χ3n) is 3.89. The second-order valence-electron chi connectivity index (χ2n) is 5.69. The second kappa shape index (κ2) is 6.12. The molecule has 3 aromatic heterocycles. The van der Waals surface area contributed by atoms with Crippen LogP contribution in [0.25, 0.3) is 5.65 Å². The van der Waals surface area contributed by atoms with Crippen molar-refractivity contribution in [2.75, 3.05) is 0 Å². The maximum atomic E-state index is 12.6. The van der Waals surface area contributed by atoms with Crippen LogP contribution in [-0.2, 0) is 0 Å². The van der Waals surface area contributed by atoms with Crippen LogP contribution < -0.4 is 5.32 Å². The van der Waals surface area contributed by atoms with E-state index in [0.717, 1.165) is 28.5 Å². The van der Waals surface area contributed by atoms with Crippen molar-refractivity contribution in [3.63, 3.8) is 0 Å². The van der Waals surface area contributed by atoms with Gasteiger partial charge in [-0.2, -0.15) is 0 Å². The number of hydrogen-bond donors (Lipinski definition) is 1. The molecule has 0 aromatic carbocycles. The fourth-order valence-corrected chi connectivity index (χ4v) is 3.54. The third kappa shape index (κ3) is 3.12. The molecule has 0 aliphatic rings. The number of thiazole rings is 1. The molecular weight excluding hydrogens is 308 g/mol. The number of aromatic nitrogens is 3. The molecule has 3 rings (SSSR count). The monoisotopic (exact) mass is 328 g/mol. The van der Waals surface area contributed by atoms with E-state index in [2.05, 4.69) is 29.1 Å². The summed E-state index contributed by atoms with van der Waals surface area (Å²) in [5.41, 5.74) is 3.44. The van der Waals surface area contributed by atoms with E-state index in [1.165, 1.54) is 4.88 Å². The Morgan fingerprint density at radius 3 is 2.70 bits per heavy atom. The zero-order chi connectivity index (χ0) is 16.6. The lowest BCUT2D eigenvalue weighted by Gasteiger charge is -2.14. The Hall–Kier alpha value is -2.21. The number of carbonyl (C=O) groups excluding carboxylic acids is 1. The molecule has 1 N–H and O–H groups in total. The van der Waals surface area contributed by atoms with Crippen LogP contribution >= 0.6 is 11.3 Å². The quantitative estimate of drug-likeness (QED) is 0.796. The van der Waals surface area contributed by atoms with Gasteiger partial charge in [0.15, 0.2) is 0 Å². The molecule has 0 bridgehead atoms. The normalized spacial score (nSPS) is 12.5. The topological polar surface area (TPSA) is 59.3 Å². The maximum absolute atomic E-state index is 12.6. The van der Waals surface area contributed by atoms with Crippen molar-refractivity contribution < 1.29 is 4.79 Å². The van der Waals surface area contributed by atoms with E-state index >= 15 is 0 Å². The third-order valence-corrected chi connectivity index (χ3v) is 5.08. The second-order valence-corrected chi connectivity index (χ2v) is 6.93. The molecule has 0 saturated heterocycles. The first-order valence-electron chi connectivity index (χ1n) is 7.68. The van der Waals surface area contributed by atoms with Gasteiger partial charge < -0.3 is 9.72 Å². The van der Waals surface area contributed by atoms with E-state index in [1.54, 1.807) is 11.3 Å². The molecule has 6 heteroatoms. The average Bonchev–Trinajstić information content (AvgIpc) is 3.05. The highest BCUT2D eigenvalue weighted by atomic mass is 32.1. The molecule has 1 atom stereocenters. The van der Waals surface area contributed by atoms with Crippen molar-refractivity contribution in [1.82, 2.24) is 19.7 Å². The van der Waals surface area contributed by atoms with Crippen LogP contribution in [0.3, 0.4) is 0 Å². The van der Waals surface area contributed by atoms with E-state index in [-0.39, 0.29) is 11.9 Å². The Morgan fingerprint density at radius 1 is 1.26 bits per heavy atom. The van der Waals surface area contributed by atoms with E-state index in [4.69, 9.17) is 0 Å². The standard InChI is InChI=1S/C17H20N4OS/c1-5-14(17-19-11(3)12(4)23-17)20-16(22)13-6-7-15-18-10(2)8-21(15)9-13/h6-9,14H,5H2,1-4H3,(H,20,22). The van der Waals surface area contributed by atoms with Gasteiger partial charge in [-0.15, -0.1) is 11.3 Å². The molecule has 0 saturated carbocycles. The van der Waals surface area contributed by atoms with Gasteiger partial charge in [0.1, 0.15) is 10.7 Å². The van der Waals surface area contributed by atoms with Crippen molar-refractivity contribution in [1.29, 1.82) is 0 Å². The first kappa shape index (κ1) is 15.7. The Labute approximate surface area is 139 Å². The summed E-state index contributed by atoms with van der Waals surface area (Å²) >= 11 is 1.65. The number of rotatable bonds is 4. The van der Waals surface area contributed by atoms with Crippen LogP contribution in [0.4, 0.5) is 0 Å². The van der Waals surface area contributed by atoms with Gasteiger partial charge in [0.25, 0.3) is 5.91 Å². The smallest absolute Gasteiger partial charge is 0.253 e. The van der Waals surface area contributed by atoms with Crippen LogP contribution in [-0.4, -0.2) is 20.3 Å². The molecular formula is C17H20N4OS. The summed E-state index contributed by atoms with van der Waals surface area (Å²) in [6.45, 7) is 8.05. The number of pyridine rings is 1. The van der Waals surface area contributed by atoms with Gasteiger partial charge >= 0.3 is 0 Å². The number of aryl methyl sites for hydroxylation is 3. The van der Waals surface area contributed by atoms with Gasteiger partial charge in [-0.1, -0.05) is 6.92 Å². The molecule has 0 radical (unpaired) electrons. The van der Waals surface area contributed by atoms with Crippen molar-refractivity contribution in [3.8, 4) is 0 Å². The number of fused-ring (bicyclic) bond motifs is 1. The van der Waals surface area contributed by atoms with E-state index < -0.39 is 0 Å². The summed E-state index contributed by atoms with van der Waals surface area (Å²) in [6, 6.07) is 3.61. The number of hydrogen-bond acceptors (Lipinski definition) is 4. The molecule has 0 spiro atoms. The number of amides is 1. The van der Waals surface area contributed by atoms with E-state index in [9.17, 15) is 4.79 Å². The molecule has 0 aliphatic carbocycles. The predicted octanol–water partition coefficient (Wildman–Crippen LogP) is 3.60. The molecule has 120 valence electrons. The highest BCUT2D eigenvalue weighted by Crippen LogP contribution is 2.25. The predicted molar refractivity (Wildman–Crippen MR) is 92.0 cm³/mol. The highest BCUT2D eigenvalue weighted by molar-refractivity contribution is 7.11. The fraction of sp³-hybridized carbons (Fsp3) is 0.353. The van der Waals surface area contributed by atoms with Crippen LogP contribution in [0.5, 0.6) is 0 Å². The van der Waals surface area contributed by atoms with Crippen LogP contribution in [0, 0.1) is 20.8 Å². The van der Waals surface area contributed by atoms with Gasteiger partial charge in [0.05, 0.1) is 23.0 Å². The average molecular weight is 328 g/mol. The lowest BCUT2D eigenvalue weighted by Crippen LogP contribution is -2.28. The summed E-state index contributed by atoms with van der Waals surface area (Å²) in [4.78, 5) is 22.7. The van der Waals surface area contributed by atoms with Gasteiger partial charge in [0.2, 0.25) is 0 Å². The van der Waals surface area contributed by atoms with Crippen molar-refractivity contribution >= 4 is 22.9 Å². The molecule has 23 heavy (non-hydrogen) atoms. The van der Waals surface area contributed by atoms with E-state index in [0.29, 0.717) is 5.56 Å². The summed E-state index contributed by atoms with van der Waals surface area (Å²) in [5.74, 6) is -0.0874. The minimum absolute atomic E-state index is 0.0554. The van der Waals surface area contributed by atoms with Crippen molar-refractivity contribution in [2.45, 2.75) is 40.2 Å². The van der Waals surface area contributed by atoms with Gasteiger partial charge in [-0.05, 0) is 39.3 Å². The number of nitrogens with one attached hydrogen (secondary N) is 1. The first-order valence-corrected chi connectivity index (χ1v) is 8.49. The Kier molecular flexibility index (Phi) is 4.17. The summed E-state index contributed by atoms with van der Waals surface area (Å²) in [6.07, 6.45) is 4.54. The lowest BCUT2D eigenvalue weighted by molar-refractivity contribution is 0.0935. The zero-order valence-electron chi connectivity index (χ0n) is 13.8. The Morgan fingerprint density at radius 2 is 2.04 bits per heavy atom. The molecule has 1 unspecified atom stereocenters. The van der Waals surface area contributed by atoms with Crippen LogP contribution in [0.15, 0.2) is 24.5 Å². The van der Waals surface area contributed by atoms with Gasteiger partial charge in [0, 0.05) is 17.3 Å². The Bertz CT molecular complexity index is 845. The zero-order valence-corrected chi connectivity index (χ0v) is 14.6. The van der Waals surface area contributed by atoms with Crippen molar-refractivity contribution in [3.05, 3.63) is 51.4 Å². The van der Waals surface area contributed by atoms with Crippen LogP contribution in [0.2, 0.25) is 0 Å². The van der Waals surface area contributed by atoms with Gasteiger partial charge in [-0.25, -0.2) is 9.97 Å². The molecule has 0 fully saturated rings. The molecule has 3 aromatic rings. The Balaban J connectivity index is 1.83. The number of carbonyl (C=O) groups is 1. The molecule has 1 amide bonds. The van der Waals surface area contributed by atoms with Crippen LogP contribution in [0.1, 0.15) is 51.0 Å². The number of imidazole rings is 1. The summed E-state index contributed by atoms with van der Waals surface area (Å²) < 4.78 is 1.88. The highest BCUT2D eigenvalue weighted by Gasteiger charge is 2.18. The molecule has 0 aliphatic heterocycles.